The van der Waals surface area contributed by atoms with Crippen molar-refractivity contribution in [2.24, 2.45) is 0 Å². The smallest absolute Gasteiger partial charge is 0.342 e. The second-order valence-corrected chi connectivity index (χ2v) is 4.90. The Morgan fingerprint density at radius 3 is 2.79 bits per heavy atom. The number of nitrogens with zero attached hydrogens (tertiary/aromatic N) is 1. The first kappa shape index (κ1) is 12.5. The van der Waals surface area contributed by atoms with Gasteiger partial charge < -0.3 is 10.3 Å². The quantitative estimate of drug-likeness (QED) is 0.835. The van der Waals surface area contributed by atoms with Crippen LogP contribution in [0.2, 0.25) is 0 Å². The molecule has 1 aromatic carbocycles. The van der Waals surface area contributed by atoms with Crippen LogP contribution < -0.4 is 5.32 Å². The number of nitrogens with one attached hydrogen (secondary N) is 2. The summed E-state index contributed by atoms with van der Waals surface area (Å²) in [7, 11) is 0. The highest BCUT2D eigenvalue weighted by atomic mass is 19.4. The van der Waals surface area contributed by atoms with E-state index in [0.717, 1.165) is 43.9 Å². The first-order valence-corrected chi connectivity index (χ1v) is 6.31. The van der Waals surface area contributed by atoms with Gasteiger partial charge in [-0.25, -0.2) is 4.98 Å². The third-order valence-electron chi connectivity index (χ3n) is 3.51. The van der Waals surface area contributed by atoms with Gasteiger partial charge in [0.2, 0.25) is 0 Å². The fourth-order valence-electron chi connectivity index (χ4n) is 2.48. The maximum absolute atomic E-state index is 12.6. The topological polar surface area (TPSA) is 40.7 Å². The molecule has 3 nitrogen and oxygen atoms in total. The molecule has 1 saturated heterocycles. The van der Waals surface area contributed by atoms with Crippen LogP contribution in [0.4, 0.5) is 13.2 Å². The number of aromatic nitrogens is 2. The third-order valence-corrected chi connectivity index (χ3v) is 3.51. The zero-order valence-corrected chi connectivity index (χ0v) is 10.2. The number of benzene rings is 1. The van der Waals surface area contributed by atoms with Gasteiger partial charge in [-0.2, -0.15) is 13.2 Å². The van der Waals surface area contributed by atoms with E-state index >= 15 is 0 Å². The van der Waals surface area contributed by atoms with E-state index in [1.807, 2.05) is 0 Å². The lowest BCUT2D eigenvalue weighted by molar-refractivity contribution is -0.137. The molecule has 3 rings (SSSR count). The Labute approximate surface area is 108 Å². The van der Waals surface area contributed by atoms with Crippen molar-refractivity contribution in [3.05, 3.63) is 29.6 Å². The monoisotopic (exact) mass is 269 g/mol. The van der Waals surface area contributed by atoms with Gasteiger partial charge in [0.1, 0.15) is 5.82 Å². The summed E-state index contributed by atoms with van der Waals surface area (Å²) in [5.41, 5.74) is 0.404. The van der Waals surface area contributed by atoms with Gasteiger partial charge in [0.05, 0.1) is 16.6 Å². The first-order valence-electron chi connectivity index (χ1n) is 6.31. The number of hydrogen-bond acceptors (Lipinski definition) is 2. The Kier molecular flexibility index (Phi) is 2.97. The summed E-state index contributed by atoms with van der Waals surface area (Å²) in [6.07, 6.45) is -2.24. The molecule has 0 aliphatic carbocycles. The number of rotatable bonds is 1. The Balaban J connectivity index is 1.96. The van der Waals surface area contributed by atoms with Crippen LogP contribution in [0.25, 0.3) is 11.0 Å². The minimum absolute atomic E-state index is 0.260. The van der Waals surface area contributed by atoms with Gasteiger partial charge in [0.25, 0.3) is 0 Å². The predicted molar refractivity (Wildman–Crippen MR) is 65.9 cm³/mol. The van der Waals surface area contributed by atoms with Crippen LogP contribution in [0, 0.1) is 0 Å². The first-order chi connectivity index (χ1) is 9.04. The molecule has 0 bridgehead atoms. The van der Waals surface area contributed by atoms with Crippen molar-refractivity contribution in [1.29, 1.82) is 0 Å². The van der Waals surface area contributed by atoms with Crippen molar-refractivity contribution in [2.45, 2.75) is 24.9 Å². The molecule has 2 heterocycles. The standard InChI is InChI=1S/C13H14F3N3/c14-13(15,16)9-3-4-10-11(6-9)19-12(18-10)8-2-1-5-17-7-8/h3-4,6,8,17H,1-2,5,7H2,(H,18,19). The molecular formula is C13H14F3N3. The predicted octanol–water partition coefficient (Wildman–Crippen LogP) is 3.05. The molecule has 1 atom stereocenters. The van der Waals surface area contributed by atoms with Crippen LogP contribution in [-0.2, 0) is 6.18 Å². The molecule has 0 amide bonds. The second kappa shape index (κ2) is 4.52. The molecule has 0 saturated carbocycles. The average Bonchev–Trinajstić information content (AvgIpc) is 2.81. The Hall–Kier alpha value is -1.56. The van der Waals surface area contributed by atoms with Gasteiger partial charge in [-0.3, -0.25) is 0 Å². The molecule has 1 aliphatic rings. The number of halogens is 3. The van der Waals surface area contributed by atoms with Gasteiger partial charge in [-0.15, -0.1) is 0 Å². The average molecular weight is 269 g/mol. The molecule has 19 heavy (non-hydrogen) atoms. The number of fused-ring (bicyclic) bond motifs is 1. The SMILES string of the molecule is FC(F)(F)c1ccc2nc(C3CCCNC3)[nH]c2c1. The fraction of sp³-hybridized carbons (Fsp3) is 0.462. The lowest BCUT2D eigenvalue weighted by Crippen LogP contribution is -2.28. The van der Waals surface area contributed by atoms with Crippen LogP contribution in [0.1, 0.15) is 30.1 Å². The zero-order valence-electron chi connectivity index (χ0n) is 10.2. The maximum Gasteiger partial charge on any atom is 0.416 e. The van der Waals surface area contributed by atoms with E-state index in [1.165, 1.54) is 6.07 Å². The summed E-state index contributed by atoms with van der Waals surface area (Å²) in [6, 6.07) is 3.63. The lowest BCUT2D eigenvalue weighted by atomic mass is 9.99. The van der Waals surface area contributed by atoms with Crippen LogP contribution >= 0.6 is 0 Å². The van der Waals surface area contributed by atoms with Crippen molar-refractivity contribution in [3.63, 3.8) is 0 Å². The number of alkyl halides is 3. The lowest BCUT2D eigenvalue weighted by Gasteiger charge is -2.20. The van der Waals surface area contributed by atoms with Crippen molar-refractivity contribution in [2.75, 3.05) is 13.1 Å². The van der Waals surface area contributed by atoms with Crippen LogP contribution in [0.5, 0.6) is 0 Å². The molecule has 0 spiro atoms. The summed E-state index contributed by atoms with van der Waals surface area (Å²) in [6.45, 7) is 1.82. The third kappa shape index (κ3) is 2.45. The summed E-state index contributed by atoms with van der Waals surface area (Å²) < 4.78 is 37.9. The summed E-state index contributed by atoms with van der Waals surface area (Å²) >= 11 is 0. The van der Waals surface area contributed by atoms with E-state index in [-0.39, 0.29) is 5.92 Å². The highest BCUT2D eigenvalue weighted by molar-refractivity contribution is 5.76. The van der Waals surface area contributed by atoms with Gasteiger partial charge in [0.15, 0.2) is 0 Å². The van der Waals surface area contributed by atoms with Crippen LogP contribution in [-0.4, -0.2) is 23.1 Å². The Morgan fingerprint density at radius 1 is 1.26 bits per heavy atom. The van der Waals surface area contributed by atoms with E-state index in [9.17, 15) is 13.2 Å². The summed E-state index contributed by atoms with van der Waals surface area (Å²) in [4.78, 5) is 7.42. The second-order valence-electron chi connectivity index (χ2n) is 4.90. The van der Waals surface area contributed by atoms with E-state index in [2.05, 4.69) is 15.3 Å². The summed E-state index contributed by atoms with van der Waals surface area (Å²) in [5.74, 6) is 1.04. The molecule has 6 heteroatoms. The highest BCUT2D eigenvalue weighted by Gasteiger charge is 2.31. The normalized spacial score (nSPS) is 20.9. The minimum Gasteiger partial charge on any atom is -0.342 e. The highest BCUT2D eigenvalue weighted by Crippen LogP contribution is 2.31. The number of piperidine rings is 1. The van der Waals surface area contributed by atoms with Gasteiger partial charge in [-0.1, -0.05) is 0 Å². The molecule has 1 unspecified atom stereocenters. The zero-order chi connectivity index (χ0) is 13.5. The van der Waals surface area contributed by atoms with E-state index in [4.69, 9.17) is 0 Å². The molecule has 0 radical (unpaired) electrons. The van der Waals surface area contributed by atoms with Crippen molar-refractivity contribution >= 4 is 11.0 Å². The van der Waals surface area contributed by atoms with Gasteiger partial charge in [0, 0.05) is 12.5 Å². The maximum atomic E-state index is 12.6. The number of aromatic amines is 1. The van der Waals surface area contributed by atoms with Crippen LogP contribution in [0.15, 0.2) is 18.2 Å². The fourth-order valence-corrected chi connectivity index (χ4v) is 2.48. The molecule has 2 N–H and O–H groups in total. The molecule has 1 aliphatic heterocycles. The number of imidazole rings is 1. The largest absolute Gasteiger partial charge is 0.416 e. The number of hydrogen-bond donors (Lipinski definition) is 2. The summed E-state index contributed by atoms with van der Waals surface area (Å²) in [5, 5.41) is 3.27. The van der Waals surface area contributed by atoms with Crippen molar-refractivity contribution in [1.82, 2.24) is 15.3 Å². The molecule has 1 aromatic heterocycles. The minimum atomic E-state index is -4.31. The van der Waals surface area contributed by atoms with Gasteiger partial charge in [-0.05, 0) is 37.6 Å². The van der Waals surface area contributed by atoms with Crippen molar-refractivity contribution < 1.29 is 13.2 Å². The number of H-pyrrole nitrogens is 1. The van der Waals surface area contributed by atoms with E-state index in [0.29, 0.717) is 11.0 Å². The van der Waals surface area contributed by atoms with E-state index in [1.54, 1.807) is 0 Å². The van der Waals surface area contributed by atoms with Gasteiger partial charge >= 0.3 is 6.18 Å². The van der Waals surface area contributed by atoms with E-state index < -0.39 is 11.7 Å². The van der Waals surface area contributed by atoms with Crippen molar-refractivity contribution in [3.8, 4) is 0 Å². The molecular weight excluding hydrogens is 255 g/mol. The molecule has 1 fully saturated rings. The molecule has 102 valence electrons. The molecule has 2 aromatic rings. The Bertz CT molecular complexity index is 582. The van der Waals surface area contributed by atoms with Crippen LogP contribution in [0.3, 0.4) is 0 Å². The Morgan fingerprint density at radius 2 is 2.11 bits per heavy atom.